The molecule has 1 heterocycles. The molecule has 3 nitrogen and oxygen atoms in total. The molecule has 0 amide bonds. The van der Waals surface area contributed by atoms with Gasteiger partial charge in [-0.15, -0.1) is 11.3 Å². The number of halogens is 1. The fraction of sp³-hybridized carbons (Fsp3) is 0.105. The largest absolute Gasteiger partial charge is 0.493 e. The lowest BCUT2D eigenvalue weighted by Gasteiger charge is -2.07. The third-order valence-corrected chi connectivity index (χ3v) is 4.55. The molecule has 0 atom stereocenters. The van der Waals surface area contributed by atoms with Gasteiger partial charge >= 0.3 is 0 Å². The first-order valence-corrected chi connectivity index (χ1v) is 8.57. The molecule has 1 aromatic heterocycles. The van der Waals surface area contributed by atoms with Crippen LogP contribution in [0.15, 0.2) is 47.8 Å². The van der Waals surface area contributed by atoms with Crippen molar-refractivity contribution in [1.29, 1.82) is 0 Å². The minimum Gasteiger partial charge on any atom is -0.493 e. The van der Waals surface area contributed by atoms with Crippen LogP contribution in [0.2, 0.25) is 5.02 Å². The van der Waals surface area contributed by atoms with Gasteiger partial charge in [0.1, 0.15) is 5.01 Å². The summed E-state index contributed by atoms with van der Waals surface area (Å²) in [5.41, 5.74) is 3.03. The number of aromatic nitrogens is 1. The van der Waals surface area contributed by atoms with Gasteiger partial charge in [0, 0.05) is 16.0 Å². The maximum Gasteiger partial charge on any atom is 0.161 e. The van der Waals surface area contributed by atoms with Crippen LogP contribution in [0.25, 0.3) is 23.4 Å². The molecule has 0 spiro atoms. The predicted molar refractivity (Wildman–Crippen MR) is 101 cm³/mol. The van der Waals surface area contributed by atoms with Crippen molar-refractivity contribution < 1.29 is 9.47 Å². The topological polar surface area (TPSA) is 31.4 Å². The number of ether oxygens (including phenoxy) is 2. The van der Waals surface area contributed by atoms with Crippen LogP contribution in [0.4, 0.5) is 0 Å². The van der Waals surface area contributed by atoms with Gasteiger partial charge in [0.05, 0.1) is 19.9 Å². The molecule has 0 aliphatic rings. The van der Waals surface area contributed by atoms with Gasteiger partial charge in [-0.3, -0.25) is 0 Å². The third-order valence-electron chi connectivity index (χ3n) is 3.49. The SMILES string of the molecule is COc1ccc(/C=C/c2nc(-c3ccc(Cl)cc3)cs2)cc1OC. The van der Waals surface area contributed by atoms with Gasteiger partial charge in [0.15, 0.2) is 11.5 Å². The first-order chi connectivity index (χ1) is 11.7. The van der Waals surface area contributed by atoms with Gasteiger partial charge in [0.2, 0.25) is 0 Å². The van der Waals surface area contributed by atoms with Gasteiger partial charge in [-0.2, -0.15) is 0 Å². The second-order valence-electron chi connectivity index (χ2n) is 5.03. The molecule has 0 aliphatic heterocycles. The molecule has 3 aromatic rings. The van der Waals surface area contributed by atoms with Crippen molar-refractivity contribution in [2.24, 2.45) is 0 Å². The van der Waals surface area contributed by atoms with Crippen molar-refractivity contribution in [3.63, 3.8) is 0 Å². The van der Waals surface area contributed by atoms with Crippen LogP contribution < -0.4 is 9.47 Å². The highest BCUT2D eigenvalue weighted by Crippen LogP contribution is 2.29. The lowest BCUT2D eigenvalue weighted by molar-refractivity contribution is 0.355. The van der Waals surface area contributed by atoms with E-state index >= 15 is 0 Å². The Bertz CT molecular complexity index is 856. The summed E-state index contributed by atoms with van der Waals surface area (Å²) in [5, 5.41) is 3.70. The second-order valence-corrected chi connectivity index (χ2v) is 6.35. The summed E-state index contributed by atoms with van der Waals surface area (Å²) in [6.07, 6.45) is 4.00. The van der Waals surface area contributed by atoms with E-state index in [2.05, 4.69) is 4.98 Å². The van der Waals surface area contributed by atoms with E-state index in [9.17, 15) is 0 Å². The summed E-state index contributed by atoms with van der Waals surface area (Å²) in [6.45, 7) is 0. The van der Waals surface area contributed by atoms with Gasteiger partial charge in [-0.25, -0.2) is 4.98 Å². The first-order valence-electron chi connectivity index (χ1n) is 7.31. The average Bonchev–Trinajstić information content (AvgIpc) is 3.09. The van der Waals surface area contributed by atoms with Crippen molar-refractivity contribution >= 4 is 35.1 Å². The smallest absolute Gasteiger partial charge is 0.161 e. The molecule has 2 aromatic carbocycles. The lowest BCUT2D eigenvalue weighted by atomic mass is 10.2. The van der Waals surface area contributed by atoms with E-state index in [1.54, 1.807) is 25.6 Å². The fourth-order valence-corrected chi connectivity index (χ4v) is 3.09. The highest BCUT2D eigenvalue weighted by Gasteiger charge is 2.04. The van der Waals surface area contributed by atoms with Crippen LogP contribution >= 0.6 is 22.9 Å². The van der Waals surface area contributed by atoms with E-state index in [4.69, 9.17) is 21.1 Å². The molecule has 24 heavy (non-hydrogen) atoms. The molecule has 0 bridgehead atoms. The molecule has 3 rings (SSSR count). The van der Waals surface area contributed by atoms with E-state index in [1.807, 2.05) is 60.0 Å². The number of methoxy groups -OCH3 is 2. The van der Waals surface area contributed by atoms with Crippen molar-refractivity contribution in [3.8, 4) is 22.8 Å². The number of hydrogen-bond donors (Lipinski definition) is 0. The molecule has 0 aliphatic carbocycles. The van der Waals surface area contributed by atoms with E-state index in [0.717, 1.165) is 26.9 Å². The fourth-order valence-electron chi connectivity index (χ4n) is 2.24. The Balaban J connectivity index is 1.79. The van der Waals surface area contributed by atoms with E-state index in [-0.39, 0.29) is 0 Å². The molecular weight excluding hydrogens is 342 g/mol. The Morgan fingerprint density at radius 3 is 2.42 bits per heavy atom. The molecular formula is C19H16ClNO2S. The van der Waals surface area contributed by atoms with Crippen LogP contribution in [-0.2, 0) is 0 Å². The van der Waals surface area contributed by atoms with Gasteiger partial charge < -0.3 is 9.47 Å². The zero-order valence-electron chi connectivity index (χ0n) is 13.3. The Kier molecular flexibility index (Phi) is 5.18. The Hall–Kier alpha value is -2.30. The van der Waals surface area contributed by atoms with Crippen LogP contribution in [0.3, 0.4) is 0 Å². The number of rotatable bonds is 5. The first kappa shape index (κ1) is 16.6. The number of hydrogen-bond acceptors (Lipinski definition) is 4. The normalized spacial score (nSPS) is 11.0. The molecule has 0 N–H and O–H groups in total. The van der Waals surface area contributed by atoms with Gasteiger partial charge in [0.25, 0.3) is 0 Å². The number of thiazole rings is 1. The van der Waals surface area contributed by atoms with Crippen molar-refractivity contribution in [3.05, 3.63) is 63.4 Å². The van der Waals surface area contributed by atoms with Gasteiger partial charge in [-0.1, -0.05) is 35.9 Å². The zero-order valence-corrected chi connectivity index (χ0v) is 14.9. The molecule has 5 heteroatoms. The van der Waals surface area contributed by atoms with Crippen LogP contribution in [-0.4, -0.2) is 19.2 Å². The molecule has 0 saturated heterocycles. The maximum absolute atomic E-state index is 5.92. The summed E-state index contributed by atoms with van der Waals surface area (Å²) >= 11 is 7.52. The van der Waals surface area contributed by atoms with Crippen LogP contribution in [0.5, 0.6) is 11.5 Å². The molecule has 0 fully saturated rings. The summed E-state index contributed by atoms with van der Waals surface area (Å²) in [5.74, 6) is 1.43. The number of nitrogens with zero attached hydrogens (tertiary/aromatic N) is 1. The Morgan fingerprint density at radius 2 is 1.71 bits per heavy atom. The molecule has 0 saturated carbocycles. The van der Waals surface area contributed by atoms with Crippen LogP contribution in [0, 0.1) is 0 Å². The summed E-state index contributed by atoms with van der Waals surface area (Å²) in [7, 11) is 3.26. The molecule has 0 radical (unpaired) electrons. The minimum atomic E-state index is 0.709. The Morgan fingerprint density at radius 1 is 0.958 bits per heavy atom. The van der Waals surface area contributed by atoms with Crippen molar-refractivity contribution in [2.45, 2.75) is 0 Å². The third kappa shape index (κ3) is 3.78. The van der Waals surface area contributed by atoms with Gasteiger partial charge in [-0.05, 0) is 35.9 Å². The monoisotopic (exact) mass is 357 g/mol. The summed E-state index contributed by atoms with van der Waals surface area (Å²) in [4.78, 5) is 4.63. The Labute approximate surface area is 150 Å². The van der Waals surface area contributed by atoms with Crippen molar-refractivity contribution in [2.75, 3.05) is 14.2 Å². The maximum atomic E-state index is 5.92. The standard InChI is InChI=1S/C19H16ClNO2S/c1-22-17-9-3-13(11-18(17)23-2)4-10-19-21-16(12-24-19)14-5-7-15(20)8-6-14/h3-12H,1-2H3/b10-4+. The molecule has 122 valence electrons. The summed E-state index contributed by atoms with van der Waals surface area (Å²) in [6, 6.07) is 13.5. The van der Waals surface area contributed by atoms with Crippen molar-refractivity contribution in [1.82, 2.24) is 4.98 Å². The quantitative estimate of drug-likeness (QED) is 0.591. The average molecular weight is 358 g/mol. The van der Waals surface area contributed by atoms with E-state index in [1.165, 1.54) is 0 Å². The zero-order chi connectivity index (χ0) is 16.9. The number of benzene rings is 2. The lowest BCUT2D eigenvalue weighted by Crippen LogP contribution is -1.90. The van der Waals surface area contributed by atoms with E-state index < -0.39 is 0 Å². The molecule has 0 unspecified atom stereocenters. The predicted octanol–water partition coefficient (Wildman–Crippen LogP) is 5.65. The van der Waals surface area contributed by atoms with Crippen LogP contribution in [0.1, 0.15) is 10.6 Å². The summed E-state index contributed by atoms with van der Waals surface area (Å²) < 4.78 is 10.6. The highest BCUT2D eigenvalue weighted by molar-refractivity contribution is 7.10. The van der Waals surface area contributed by atoms with E-state index in [0.29, 0.717) is 11.5 Å². The highest BCUT2D eigenvalue weighted by atomic mass is 35.5. The second kappa shape index (κ2) is 7.51. The minimum absolute atomic E-state index is 0.709.